The maximum Gasteiger partial charge on any atom is 0.235 e. The fraction of sp³-hybridized carbons (Fsp3) is 0.417. The van der Waals surface area contributed by atoms with Crippen LogP contribution in [0.4, 0.5) is 0 Å². The highest BCUT2D eigenvalue weighted by molar-refractivity contribution is 5.47. The molecule has 4 heteroatoms. The normalized spacial score (nSPS) is 14.1. The van der Waals surface area contributed by atoms with E-state index < -0.39 is 0 Å². The highest BCUT2D eigenvalue weighted by Crippen LogP contribution is 2.36. The maximum atomic E-state index is 10.1. The smallest absolute Gasteiger partial charge is 0.235 e. The summed E-state index contributed by atoms with van der Waals surface area (Å²) in [4.78, 5) is 13.7. The van der Waals surface area contributed by atoms with Gasteiger partial charge in [0.25, 0.3) is 0 Å². The molecule has 0 aliphatic heterocycles. The molecule has 0 bridgehead atoms. The Morgan fingerprint density at radius 2 is 2.31 bits per heavy atom. The van der Waals surface area contributed by atoms with Crippen LogP contribution in [0.3, 0.4) is 0 Å². The SMILES string of the molecule is COc1cccc(CN=C=O)c1OC1CC1. The maximum absolute atomic E-state index is 10.1. The van der Waals surface area contributed by atoms with Gasteiger partial charge < -0.3 is 9.47 Å². The second kappa shape index (κ2) is 4.81. The highest BCUT2D eigenvalue weighted by Gasteiger charge is 2.26. The number of nitrogens with zero attached hydrogens (tertiary/aromatic N) is 1. The number of carbonyl (C=O) groups excluding carboxylic acids is 1. The summed E-state index contributed by atoms with van der Waals surface area (Å²) in [6.07, 6.45) is 3.97. The first-order valence-corrected chi connectivity index (χ1v) is 5.21. The third-order valence-corrected chi connectivity index (χ3v) is 2.40. The van der Waals surface area contributed by atoms with Crippen LogP contribution in [0, 0.1) is 0 Å². The van der Waals surface area contributed by atoms with Crippen LogP contribution in [-0.2, 0) is 11.3 Å². The number of benzene rings is 1. The van der Waals surface area contributed by atoms with Crippen molar-refractivity contribution in [3.63, 3.8) is 0 Å². The molecule has 1 aromatic rings. The minimum Gasteiger partial charge on any atom is -0.493 e. The molecule has 0 amide bonds. The van der Waals surface area contributed by atoms with Gasteiger partial charge in [0.05, 0.1) is 19.8 Å². The number of para-hydroxylation sites is 1. The first-order chi connectivity index (χ1) is 7.85. The summed E-state index contributed by atoms with van der Waals surface area (Å²) in [7, 11) is 1.60. The van der Waals surface area contributed by atoms with Gasteiger partial charge in [-0.3, -0.25) is 0 Å². The van der Waals surface area contributed by atoms with Gasteiger partial charge in [0, 0.05) is 5.56 Å². The molecule has 0 N–H and O–H groups in total. The van der Waals surface area contributed by atoms with Gasteiger partial charge in [-0.25, -0.2) is 9.79 Å². The second-order valence-electron chi connectivity index (χ2n) is 3.67. The van der Waals surface area contributed by atoms with Crippen LogP contribution in [0.1, 0.15) is 18.4 Å². The Kier molecular flexibility index (Phi) is 3.22. The number of methoxy groups -OCH3 is 1. The summed E-state index contributed by atoms with van der Waals surface area (Å²) < 4.78 is 11.0. The van der Waals surface area contributed by atoms with E-state index >= 15 is 0 Å². The van der Waals surface area contributed by atoms with E-state index in [1.54, 1.807) is 7.11 Å². The lowest BCUT2D eigenvalue weighted by Gasteiger charge is -2.13. The molecule has 0 atom stereocenters. The van der Waals surface area contributed by atoms with Gasteiger partial charge in [-0.15, -0.1) is 0 Å². The van der Waals surface area contributed by atoms with E-state index in [-0.39, 0.29) is 12.6 Å². The van der Waals surface area contributed by atoms with Crippen LogP contribution in [-0.4, -0.2) is 19.3 Å². The summed E-state index contributed by atoms with van der Waals surface area (Å²) >= 11 is 0. The summed E-state index contributed by atoms with van der Waals surface area (Å²) in [5, 5.41) is 0. The molecule has 0 saturated heterocycles. The first kappa shape index (κ1) is 10.7. The Balaban J connectivity index is 2.28. The van der Waals surface area contributed by atoms with E-state index in [1.807, 2.05) is 18.2 Å². The second-order valence-corrected chi connectivity index (χ2v) is 3.67. The zero-order chi connectivity index (χ0) is 11.4. The van der Waals surface area contributed by atoms with Crippen LogP contribution in [0.5, 0.6) is 11.5 Å². The Labute approximate surface area is 93.9 Å². The Morgan fingerprint density at radius 1 is 1.50 bits per heavy atom. The molecule has 0 spiro atoms. The molecule has 0 heterocycles. The molecule has 1 aliphatic rings. The van der Waals surface area contributed by atoms with Crippen LogP contribution in [0.15, 0.2) is 23.2 Å². The topological polar surface area (TPSA) is 47.9 Å². The van der Waals surface area contributed by atoms with Gasteiger partial charge in [0.15, 0.2) is 11.5 Å². The van der Waals surface area contributed by atoms with Gasteiger partial charge in [0.2, 0.25) is 6.08 Å². The van der Waals surface area contributed by atoms with Crippen molar-refractivity contribution in [1.82, 2.24) is 0 Å². The van der Waals surface area contributed by atoms with Gasteiger partial charge >= 0.3 is 0 Å². The van der Waals surface area contributed by atoms with Gasteiger partial charge in [-0.2, -0.15) is 0 Å². The zero-order valence-corrected chi connectivity index (χ0v) is 9.10. The number of aliphatic imine (C=N–C) groups is 1. The summed E-state index contributed by atoms with van der Waals surface area (Å²) in [6, 6.07) is 5.57. The van der Waals surface area contributed by atoms with E-state index in [0.717, 1.165) is 18.4 Å². The molecule has 1 fully saturated rings. The molecule has 84 valence electrons. The van der Waals surface area contributed by atoms with E-state index in [2.05, 4.69) is 4.99 Å². The predicted octanol–water partition coefficient (Wildman–Crippen LogP) is 2.07. The average molecular weight is 219 g/mol. The van der Waals surface area contributed by atoms with E-state index in [1.165, 1.54) is 6.08 Å². The highest BCUT2D eigenvalue weighted by atomic mass is 16.5. The van der Waals surface area contributed by atoms with Crippen molar-refractivity contribution in [3.8, 4) is 11.5 Å². The van der Waals surface area contributed by atoms with Crippen LogP contribution >= 0.6 is 0 Å². The number of rotatable bonds is 5. The fourth-order valence-corrected chi connectivity index (χ4v) is 1.45. The Morgan fingerprint density at radius 3 is 2.94 bits per heavy atom. The van der Waals surface area contributed by atoms with Gasteiger partial charge in [0.1, 0.15) is 0 Å². The number of hydrogen-bond donors (Lipinski definition) is 0. The van der Waals surface area contributed by atoms with Gasteiger partial charge in [-0.05, 0) is 18.9 Å². The lowest BCUT2D eigenvalue weighted by atomic mass is 10.2. The van der Waals surface area contributed by atoms with Crippen molar-refractivity contribution in [3.05, 3.63) is 23.8 Å². The monoisotopic (exact) mass is 219 g/mol. The van der Waals surface area contributed by atoms with Crippen molar-refractivity contribution in [2.45, 2.75) is 25.5 Å². The van der Waals surface area contributed by atoms with Crippen LogP contribution in [0.25, 0.3) is 0 Å². The zero-order valence-electron chi connectivity index (χ0n) is 9.10. The van der Waals surface area contributed by atoms with Crippen molar-refractivity contribution in [1.29, 1.82) is 0 Å². The molecule has 1 aromatic carbocycles. The van der Waals surface area contributed by atoms with E-state index in [4.69, 9.17) is 9.47 Å². The molecule has 0 aromatic heterocycles. The standard InChI is InChI=1S/C12H13NO3/c1-15-11-4-2-3-9(7-13-8-14)12(11)16-10-5-6-10/h2-4,10H,5-7H2,1H3. The van der Waals surface area contributed by atoms with Gasteiger partial charge in [-0.1, -0.05) is 12.1 Å². The number of hydrogen-bond acceptors (Lipinski definition) is 4. The summed E-state index contributed by atoms with van der Waals surface area (Å²) in [6.45, 7) is 0.281. The van der Waals surface area contributed by atoms with Crippen molar-refractivity contribution in [2.24, 2.45) is 4.99 Å². The molecule has 1 aliphatic carbocycles. The van der Waals surface area contributed by atoms with Crippen molar-refractivity contribution < 1.29 is 14.3 Å². The van der Waals surface area contributed by atoms with Crippen LogP contribution in [0.2, 0.25) is 0 Å². The molecule has 1 saturated carbocycles. The van der Waals surface area contributed by atoms with Crippen LogP contribution < -0.4 is 9.47 Å². The molecule has 0 unspecified atom stereocenters. The third kappa shape index (κ3) is 2.41. The fourth-order valence-electron chi connectivity index (χ4n) is 1.45. The molecular weight excluding hydrogens is 206 g/mol. The molecule has 4 nitrogen and oxygen atoms in total. The first-order valence-electron chi connectivity index (χ1n) is 5.21. The quantitative estimate of drug-likeness (QED) is 0.562. The van der Waals surface area contributed by atoms with Crippen molar-refractivity contribution >= 4 is 6.08 Å². The predicted molar refractivity (Wildman–Crippen MR) is 58.5 cm³/mol. The van der Waals surface area contributed by atoms with E-state index in [9.17, 15) is 4.79 Å². The minimum atomic E-state index is 0.281. The summed E-state index contributed by atoms with van der Waals surface area (Å²) in [5.41, 5.74) is 0.856. The lowest BCUT2D eigenvalue weighted by Crippen LogP contribution is -2.01. The third-order valence-electron chi connectivity index (χ3n) is 2.40. The van der Waals surface area contributed by atoms with E-state index in [0.29, 0.717) is 11.5 Å². The average Bonchev–Trinajstić information content (AvgIpc) is 3.11. The Hall–Kier alpha value is -1.80. The lowest BCUT2D eigenvalue weighted by molar-refractivity contribution is 0.279. The minimum absolute atomic E-state index is 0.281. The molecular formula is C12H13NO3. The molecule has 0 radical (unpaired) electrons. The Bertz CT molecular complexity index is 420. The largest absolute Gasteiger partial charge is 0.493 e. The molecule has 2 rings (SSSR count). The number of isocyanates is 1. The molecule has 16 heavy (non-hydrogen) atoms. The van der Waals surface area contributed by atoms with Crippen molar-refractivity contribution in [2.75, 3.05) is 7.11 Å². The number of ether oxygens (including phenoxy) is 2. The summed E-state index contributed by atoms with van der Waals surface area (Å²) in [5.74, 6) is 1.39.